The molecule has 1 aromatic heterocycles. The van der Waals surface area contributed by atoms with Crippen LogP contribution >= 0.6 is 11.8 Å². The third-order valence-corrected chi connectivity index (χ3v) is 15.2. The molecule has 0 fully saturated rings. The molecule has 6 aromatic carbocycles. The molecule has 0 spiro atoms. The van der Waals surface area contributed by atoms with Crippen LogP contribution < -0.4 is 30.2 Å². The van der Waals surface area contributed by atoms with Gasteiger partial charge >= 0.3 is 305 Å². The van der Waals surface area contributed by atoms with Gasteiger partial charge in [0.2, 0.25) is 0 Å². The van der Waals surface area contributed by atoms with E-state index in [4.69, 9.17) is 4.42 Å². The second-order valence-electron chi connectivity index (χ2n) is 14.7. The van der Waals surface area contributed by atoms with E-state index in [0.29, 0.717) is 0 Å². The van der Waals surface area contributed by atoms with Gasteiger partial charge in [-0.05, 0) is 0 Å². The van der Waals surface area contributed by atoms with Crippen molar-refractivity contribution in [3.63, 3.8) is 0 Å². The van der Waals surface area contributed by atoms with E-state index in [1.54, 1.807) is 5.57 Å². The van der Waals surface area contributed by atoms with Gasteiger partial charge in [0.05, 0.1) is 0 Å². The third kappa shape index (κ3) is 4.12. The summed E-state index contributed by atoms with van der Waals surface area (Å²) in [7, 11) is 0. The first-order chi connectivity index (χ1) is 24.5. The molecule has 0 saturated heterocycles. The summed E-state index contributed by atoms with van der Waals surface area (Å²) >= 11 is 2.23. The summed E-state index contributed by atoms with van der Waals surface area (Å²) in [5.41, 5.74) is 16.0. The number of fused-ring (bicyclic) bond motifs is 8. The van der Waals surface area contributed by atoms with E-state index in [9.17, 15) is 0 Å². The Bertz CT molecular complexity index is 2620. The van der Waals surface area contributed by atoms with Crippen molar-refractivity contribution in [2.45, 2.75) is 54.7 Å². The molecule has 1 aliphatic carbocycles. The summed E-state index contributed by atoms with van der Waals surface area (Å²) in [5, 5.41) is 2.35. The normalized spacial score (nSPS) is 16.9. The molecule has 0 atom stereocenters. The molecule has 0 saturated carbocycles. The minimum absolute atomic E-state index is 0.0547. The fourth-order valence-electron chi connectivity index (χ4n) is 9.31. The van der Waals surface area contributed by atoms with Crippen molar-refractivity contribution in [3.8, 4) is 11.1 Å². The topological polar surface area (TPSA) is 16.4 Å². The molecule has 0 unspecified atom stereocenters. The number of para-hydroxylation sites is 3. The van der Waals surface area contributed by atoms with Crippen molar-refractivity contribution in [1.82, 2.24) is 0 Å². The summed E-state index contributed by atoms with van der Waals surface area (Å²) in [5.74, 6) is 0. The quantitative estimate of drug-likeness (QED) is 0.167. The molecule has 11 rings (SSSR count). The number of benzene rings is 6. The Balaban J connectivity index is 1.08. The van der Waals surface area contributed by atoms with E-state index in [0.717, 1.165) is 23.2 Å². The SMILES string of the molecule is CC1(C)C2=C(CCCC2)N(c2ccc3c(c2)Sc2cccc4c2B3c2cc(-c3cccc5c3oc3ccccc35)ccc2[Se]4)c2ccccc21. The zero-order chi connectivity index (χ0) is 33.1. The van der Waals surface area contributed by atoms with Crippen molar-refractivity contribution < 1.29 is 4.42 Å². The second kappa shape index (κ2) is 10.8. The zero-order valence-electron chi connectivity index (χ0n) is 28.1. The summed E-state index contributed by atoms with van der Waals surface area (Å²) in [6.07, 6.45) is 4.87. The van der Waals surface area contributed by atoms with Crippen LogP contribution in [0.15, 0.2) is 147 Å². The van der Waals surface area contributed by atoms with E-state index in [2.05, 4.69) is 140 Å². The molecule has 4 aliphatic rings. The van der Waals surface area contributed by atoms with E-state index < -0.39 is 0 Å². The first kappa shape index (κ1) is 29.3. The molecule has 50 heavy (non-hydrogen) atoms. The second-order valence-corrected chi connectivity index (χ2v) is 18.0. The number of anilines is 2. The van der Waals surface area contributed by atoms with Crippen LogP contribution in [0, 0.1) is 0 Å². The zero-order valence-corrected chi connectivity index (χ0v) is 30.7. The van der Waals surface area contributed by atoms with E-state index in [1.807, 2.05) is 11.8 Å². The van der Waals surface area contributed by atoms with Crippen molar-refractivity contribution in [2.75, 3.05) is 4.90 Å². The molecule has 3 aliphatic heterocycles. The first-order valence-corrected chi connectivity index (χ1v) is 20.4. The molecule has 5 heteroatoms. The van der Waals surface area contributed by atoms with Crippen LogP contribution in [0.4, 0.5) is 11.4 Å². The number of allylic oxidation sites excluding steroid dienone is 2. The molecule has 0 radical (unpaired) electrons. The fourth-order valence-corrected chi connectivity index (χ4v) is 13.1. The summed E-state index contributed by atoms with van der Waals surface area (Å²) < 4.78 is 9.52. The van der Waals surface area contributed by atoms with Gasteiger partial charge in [-0.1, -0.05) is 0 Å². The van der Waals surface area contributed by atoms with Gasteiger partial charge in [0.1, 0.15) is 0 Å². The minimum atomic E-state index is 0.0547. The number of rotatable bonds is 2. The van der Waals surface area contributed by atoms with E-state index in [-0.39, 0.29) is 27.1 Å². The number of furan rings is 1. The molecule has 0 bridgehead atoms. The molecule has 7 aromatic rings. The Kier molecular flexibility index (Phi) is 6.34. The predicted molar refractivity (Wildman–Crippen MR) is 213 cm³/mol. The summed E-state index contributed by atoms with van der Waals surface area (Å²) in [6.45, 7) is 5.09. The Morgan fingerprint density at radius 2 is 1.56 bits per heavy atom. The molecule has 4 heterocycles. The van der Waals surface area contributed by atoms with Crippen LogP contribution in [0.5, 0.6) is 0 Å². The van der Waals surface area contributed by atoms with Gasteiger partial charge in [0.15, 0.2) is 0 Å². The van der Waals surface area contributed by atoms with Crippen molar-refractivity contribution >= 4 is 92.1 Å². The Morgan fingerprint density at radius 1 is 0.720 bits per heavy atom. The van der Waals surface area contributed by atoms with Gasteiger partial charge < -0.3 is 0 Å². The summed E-state index contributed by atoms with van der Waals surface area (Å²) in [6, 6.07) is 45.7. The standard InChI is InChI=1S/C45H34BNOSSe/c1-45(2)32-14-4-6-16-36(32)47(37-17-7-5-15-33(37)45)28-22-23-34-40(26-28)49-39-19-10-20-42-43(39)46(34)35-25-27(21-24-41(35)50-42)29-12-9-13-31-30-11-3-8-18-38(30)48-44(29)31/h3-4,6,8-14,16,18-26H,5,7,15,17H2,1-2H3. The Labute approximate surface area is 303 Å². The maximum absolute atomic E-state index is 6.52. The molecule has 2 nitrogen and oxygen atoms in total. The maximum atomic E-state index is 6.52. The molecule has 0 N–H and O–H groups in total. The number of hydrogen-bond donors (Lipinski definition) is 0. The van der Waals surface area contributed by atoms with E-state index in [1.165, 1.54) is 93.3 Å². The van der Waals surface area contributed by atoms with Crippen molar-refractivity contribution in [1.29, 1.82) is 0 Å². The van der Waals surface area contributed by atoms with Crippen molar-refractivity contribution in [3.05, 3.63) is 138 Å². The molecule has 0 amide bonds. The molecule has 240 valence electrons. The van der Waals surface area contributed by atoms with E-state index >= 15 is 0 Å². The monoisotopic (exact) mass is 727 g/mol. The summed E-state index contributed by atoms with van der Waals surface area (Å²) in [4.78, 5) is 5.40. The Hall–Kier alpha value is -4.41. The predicted octanol–water partition coefficient (Wildman–Crippen LogP) is 8.46. The molecular weight excluding hydrogens is 692 g/mol. The number of nitrogens with zero attached hydrogens (tertiary/aromatic N) is 1. The first-order valence-electron chi connectivity index (χ1n) is 17.8. The van der Waals surface area contributed by atoms with Crippen LogP contribution in [-0.2, 0) is 5.41 Å². The van der Waals surface area contributed by atoms with Gasteiger partial charge in [-0.2, -0.15) is 0 Å². The van der Waals surface area contributed by atoms with Gasteiger partial charge in [0.25, 0.3) is 0 Å². The van der Waals surface area contributed by atoms with Crippen LogP contribution in [0.2, 0.25) is 0 Å². The molecular formula is C45H34BNOSSe. The fraction of sp³-hybridized carbons (Fsp3) is 0.156. The van der Waals surface area contributed by atoms with Gasteiger partial charge in [-0.25, -0.2) is 0 Å². The Morgan fingerprint density at radius 3 is 2.52 bits per heavy atom. The number of hydrogen-bond acceptors (Lipinski definition) is 3. The van der Waals surface area contributed by atoms with Crippen LogP contribution in [0.1, 0.15) is 45.1 Å². The average Bonchev–Trinajstić information content (AvgIpc) is 3.54. The van der Waals surface area contributed by atoms with Gasteiger partial charge in [-0.3, -0.25) is 0 Å². The third-order valence-electron chi connectivity index (χ3n) is 11.6. The van der Waals surface area contributed by atoms with Gasteiger partial charge in [0, 0.05) is 0 Å². The van der Waals surface area contributed by atoms with Crippen LogP contribution in [0.3, 0.4) is 0 Å². The van der Waals surface area contributed by atoms with Crippen LogP contribution in [-0.4, -0.2) is 21.7 Å². The van der Waals surface area contributed by atoms with Crippen molar-refractivity contribution in [2.24, 2.45) is 0 Å². The van der Waals surface area contributed by atoms with Gasteiger partial charge in [-0.15, -0.1) is 0 Å². The average molecular weight is 727 g/mol. The van der Waals surface area contributed by atoms with Crippen LogP contribution in [0.25, 0.3) is 33.1 Å².